The van der Waals surface area contributed by atoms with Crippen LogP contribution in [-0.4, -0.2) is 18.7 Å². The van der Waals surface area contributed by atoms with Crippen molar-refractivity contribution in [1.82, 2.24) is 10.4 Å². The minimum Gasteiger partial charge on any atom is -0.383 e. The Balaban J connectivity index is 2.84. The van der Waals surface area contributed by atoms with Crippen LogP contribution in [-0.2, 0) is 4.74 Å². The number of pyridine rings is 1. The maximum Gasteiger partial charge on any atom is 0.0697 e. The van der Waals surface area contributed by atoms with Gasteiger partial charge in [0.05, 0.1) is 12.6 Å². The van der Waals surface area contributed by atoms with E-state index >= 15 is 0 Å². The molecule has 0 aliphatic carbocycles. The fourth-order valence-electron chi connectivity index (χ4n) is 1.27. The maximum absolute atomic E-state index is 5.41. The number of aromatic nitrogens is 1. The molecule has 0 fully saturated rings. The number of nitrogens with two attached hydrogens (primary N) is 1. The first-order chi connectivity index (χ1) is 6.29. The van der Waals surface area contributed by atoms with Crippen molar-refractivity contribution in [3.8, 4) is 0 Å². The summed E-state index contributed by atoms with van der Waals surface area (Å²) in [6.07, 6.45) is 3.57. The van der Waals surface area contributed by atoms with E-state index in [4.69, 9.17) is 10.6 Å². The van der Waals surface area contributed by atoms with Crippen LogP contribution in [0.3, 0.4) is 0 Å². The third kappa shape index (κ3) is 2.48. The van der Waals surface area contributed by atoms with Gasteiger partial charge in [-0.2, -0.15) is 0 Å². The van der Waals surface area contributed by atoms with Gasteiger partial charge in [-0.25, -0.2) is 0 Å². The highest BCUT2D eigenvalue weighted by Gasteiger charge is 2.10. The minimum absolute atomic E-state index is 0.0352. The number of hydrazine groups is 1. The highest BCUT2D eigenvalue weighted by molar-refractivity contribution is 5.25. The topological polar surface area (TPSA) is 60.2 Å². The summed E-state index contributed by atoms with van der Waals surface area (Å²) >= 11 is 0. The van der Waals surface area contributed by atoms with Gasteiger partial charge in [-0.1, -0.05) is 0 Å². The normalized spacial score (nSPS) is 12.8. The summed E-state index contributed by atoms with van der Waals surface area (Å²) in [4.78, 5) is 4.01. The highest BCUT2D eigenvalue weighted by Crippen LogP contribution is 2.15. The fourth-order valence-corrected chi connectivity index (χ4v) is 1.27. The molecule has 0 aliphatic heterocycles. The second-order valence-corrected chi connectivity index (χ2v) is 2.91. The number of nitrogens with one attached hydrogen (secondary N) is 1. The lowest BCUT2D eigenvalue weighted by molar-refractivity contribution is 0.167. The van der Waals surface area contributed by atoms with E-state index in [0.717, 1.165) is 11.1 Å². The average Bonchev–Trinajstić information content (AvgIpc) is 2.16. The molecule has 0 aliphatic rings. The van der Waals surface area contributed by atoms with Gasteiger partial charge in [0.1, 0.15) is 0 Å². The monoisotopic (exact) mass is 181 g/mol. The molecular formula is C9H15N3O. The number of ether oxygens (including phenoxy) is 1. The standard InChI is InChI=1S/C9H15N3O/c1-7-5-11-4-3-8(7)9(12-10)6-13-2/h3-5,9,12H,6,10H2,1-2H3. The van der Waals surface area contributed by atoms with Crippen LogP contribution in [0.4, 0.5) is 0 Å². The second-order valence-electron chi connectivity index (χ2n) is 2.91. The number of aryl methyl sites for hydroxylation is 1. The zero-order valence-corrected chi connectivity index (χ0v) is 7.95. The predicted molar refractivity (Wildman–Crippen MR) is 50.9 cm³/mol. The largest absolute Gasteiger partial charge is 0.383 e. The van der Waals surface area contributed by atoms with Crippen LogP contribution in [0.1, 0.15) is 17.2 Å². The van der Waals surface area contributed by atoms with Crippen LogP contribution in [0.2, 0.25) is 0 Å². The SMILES string of the molecule is COCC(NN)c1ccncc1C. The molecule has 1 rings (SSSR count). The Kier molecular flexibility index (Phi) is 3.82. The van der Waals surface area contributed by atoms with E-state index < -0.39 is 0 Å². The average molecular weight is 181 g/mol. The zero-order chi connectivity index (χ0) is 9.68. The molecule has 1 aromatic rings. The van der Waals surface area contributed by atoms with Gasteiger partial charge in [0.15, 0.2) is 0 Å². The Morgan fingerprint density at radius 1 is 1.69 bits per heavy atom. The van der Waals surface area contributed by atoms with Crippen molar-refractivity contribution in [3.05, 3.63) is 29.6 Å². The number of methoxy groups -OCH3 is 1. The summed E-state index contributed by atoms with van der Waals surface area (Å²) < 4.78 is 5.04. The van der Waals surface area contributed by atoms with E-state index in [2.05, 4.69) is 10.4 Å². The van der Waals surface area contributed by atoms with Crippen LogP contribution < -0.4 is 11.3 Å². The Bertz CT molecular complexity index is 265. The predicted octanol–water partition coefficient (Wildman–Crippen LogP) is 0.541. The zero-order valence-electron chi connectivity index (χ0n) is 7.95. The number of nitrogens with zero attached hydrogens (tertiary/aromatic N) is 1. The Morgan fingerprint density at radius 2 is 2.46 bits per heavy atom. The van der Waals surface area contributed by atoms with Crippen molar-refractivity contribution >= 4 is 0 Å². The van der Waals surface area contributed by atoms with E-state index in [9.17, 15) is 0 Å². The molecule has 0 amide bonds. The Morgan fingerprint density at radius 3 is 3.00 bits per heavy atom. The van der Waals surface area contributed by atoms with E-state index in [1.807, 2.05) is 19.2 Å². The molecule has 0 saturated carbocycles. The van der Waals surface area contributed by atoms with E-state index in [0.29, 0.717) is 6.61 Å². The smallest absolute Gasteiger partial charge is 0.0697 e. The summed E-state index contributed by atoms with van der Waals surface area (Å²) in [5, 5.41) is 0. The van der Waals surface area contributed by atoms with Gasteiger partial charge in [0, 0.05) is 19.5 Å². The second kappa shape index (κ2) is 4.91. The third-order valence-electron chi connectivity index (χ3n) is 1.97. The van der Waals surface area contributed by atoms with Crippen molar-refractivity contribution in [2.45, 2.75) is 13.0 Å². The van der Waals surface area contributed by atoms with Crippen molar-refractivity contribution in [2.75, 3.05) is 13.7 Å². The molecule has 0 saturated heterocycles. The third-order valence-corrected chi connectivity index (χ3v) is 1.97. The van der Waals surface area contributed by atoms with Gasteiger partial charge in [-0.05, 0) is 24.1 Å². The summed E-state index contributed by atoms with van der Waals surface area (Å²) in [5.74, 6) is 5.41. The van der Waals surface area contributed by atoms with Crippen molar-refractivity contribution in [2.24, 2.45) is 5.84 Å². The molecule has 4 nitrogen and oxygen atoms in total. The van der Waals surface area contributed by atoms with Gasteiger partial charge in [-0.3, -0.25) is 16.3 Å². The molecule has 1 heterocycles. The summed E-state index contributed by atoms with van der Waals surface area (Å²) in [6.45, 7) is 2.56. The lowest BCUT2D eigenvalue weighted by atomic mass is 10.1. The number of hydrogen-bond donors (Lipinski definition) is 2. The van der Waals surface area contributed by atoms with Gasteiger partial charge >= 0.3 is 0 Å². The van der Waals surface area contributed by atoms with Gasteiger partial charge in [-0.15, -0.1) is 0 Å². The van der Waals surface area contributed by atoms with Crippen LogP contribution in [0.5, 0.6) is 0 Å². The minimum atomic E-state index is 0.0352. The quantitative estimate of drug-likeness (QED) is 0.526. The summed E-state index contributed by atoms with van der Waals surface area (Å²) in [6, 6.07) is 1.98. The fraction of sp³-hybridized carbons (Fsp3) is 0.444. The molecule has 0 bridgehead atoms. The van der Waals surface area contributed by atoms with Crippen LogP contribution in [0, 0.1) is 6.92 Å². The summed E-state index contributed by atoms with van der Waals surface area (Å²) in [7, 11) is 1.65. The Hall–Kier alpha value is -0.970. The molecule has 4 heteroatoms. The molecule has 13 heavy (non-hydrogen) atoms. The lowest BCUT2D eigenvalue weighted by Gasteiger charge is -2.16. The highest BCUT2D eigenvalue weighted by atomic mass is 16.5. The molecule has 1 atom stereocenters. The molecule has 1 aromatic heterocycles. The summed E-state index contributed by atoms with van der Waals surface area (Å²) in [5.41, 5.74) is 4.95. The van der Waals surface area contributed by atoms with E-state index in [1.54, 1.807) is 13.3 Å². The van der Waals surface area contributed by atoms with Gasteiger partial charge in [0.25, 0.3) is 0 Å². The van der Waals surface area contributed by atoms with E-state index in [1.165, 1.54) is 0 Å². The molecule has 72 valence electrons. The van der Waals surface area contributed by atoms with Crippen LogP contribution in [0.15, 0.2) is 18.5 Å². The van der Waals surface area contributed by atoms with E-state index in [-0.39, 0.29) is 6.04 Å². The van der Waals surface area contributed by atoms with Crippen molar-refractivity contribution in [1.29, 1.82) is 0 Å². The lowest BCUT2D eigenvalue weighted by Crippen LogP contribution is -2.31. The van der Waals surface area contributed by atoms with Gasteiger partial charge < -0.3 is 4.74 Å². The first kappa shape index (κ1) is 10.1. The molecule has 0 spiro atoms. The first-order valence-corrected chi connectivity index (χ1v) is 4.15. The Labute approximate surface area is 78.1 Å². The maximum atomic E-state index is 5.41. The van der Waals surface area contributed by atoms with Gasteiger partial charge in [0.2, 0.25) is 0 Å². The number of hydrogen-bond acceptors (Lipinski definition) is 4. The van der Waals surface area contributed by atoms with Crippen LogP contribution >= 0.6 is 0 Å². The molecule has 3 N–H and O–H groups in total. The molecule has 0 aromatic carbocycles. The first-order valence-electron chi connectivity index (χ1n) is 4.15. The van der Waals surface area contributed by atoms with Crippen LogP contribution in [0.25, 0.3) is 0 Å². The number of rotatable bonds is 4. The molecule has 1 unspecified atom stereocenters. The molecular weight excluding hydrogens is 166 g/mol. The van der Waals surface area contributed by atoms with Crippen molar-refractivity contribution < 1.29 is 4.74 Å². The molecule has 0 radical (unpaired) electrons. The van der Waals surface area contributed by atoms with Crippen molar-refractivity contribution in [3.63, 3.8) is 0 Å².